The minimum atomic E-state index is -1.68. The second kappa shape index (κ2) is 9.89. The van der Waals surface area contributed by atoms with Crippen molar-refractivity contribution in [2.24, 2.45) is 5.73 Å². The van der Waals surface area contributed by atoms with Crippen LogP contribution in [0.3, 0.4) is 0 Å². The summed E-state index contributed by atoms with van der Waals surface area (Å²) in [5.41, 5.74) is 9.02. The molecule has 5 heterocycles. The minimum Gasteiger partial charge on any atom is -0.475 e. The Balaban J connectivity index is 1.29. The van der Waals surface area contributed by atoms with E-state index in [2.05, 4.69) is 10.2 Å². The predicted octanol–water partition coefficient (Wildman–Crippen LogP) is 1.55. The van der Waals surface area contributed by atoms with E-state index < -0.39 is 17.4 Å². The molecule has 206 valence electrons. The number of carbonyl (C=O) groups is 2. The van der Waals surface area contributed by atoms with Gasteiger partial charge in [-0.2, -0.15) is 0 Å². The molecule has 4 N–H and O–H groups in total. The Kier molecular flexibility index (Phi) is 6.52. The topological polar surface area (TPSA) is 130 Å². The maximum absolute atomic E-state index is 15.1. The average molecular weight is 538 g/mol. The van der Waals surface area contributed by atoms with Crippen molar-refractivity contribution in [1.29, 1.82) is 0 Å². The van der Waals surface area contributed by atoms with Gasteiger partial charge < -0.3 is 30.5 Å². The lowest BCUT2D eigenvalue weighted by Crippen LogP contribution is -2.47. The molecule has 0 spiro atoms. The molecule has 0 aliphatic carbocycles. The van der Waals surface area contributed by atoms with Crippen LogP contribution in [0.15, 0.2) is 29.4 Å². The third kappa shape index (κ3) is 4.34. The van der Waals surface area contributed by atoms with Crippen LogP contribution in [0.1, 0.15) is 43.0 Å². The number of aliphatic hydroxyl groups is 1. The van der Waals surface area contributed by atoms with Crippen LogP contribution in [0, 0.1) is 5.82 Å². The maximum Gasteiger partial charge on any atom is 0.343 e. The van der Waals surface area contributed by atoms with Crippen molar-refractivity contribution in [1.82, 2.24) is 20.1 Å². The van der Waals surface area contributed by atoms with E-state index in [1.165, 1.54) is 6.07 Å². The molecule has 4 aliphatic heterocycles. The Morgan fingerprint density at radius 2 is 2.13 bits per heavy atom. The van der Waals surface area contributed by atoms with Gasteiger partial charge in [-0.3, -0.25) is 9.69 Å². The van der Waals surface area contributed by atoms with Gasteiger partial charge in [-0.15, -0.1) is 0 Å². The highest BCUT2D eigenvalue weighted by atomic mass is 19.1. The van der Waals surface area contributed by atoms with Crippen molar-refractivity contribution in [3.8, 4) is 5.75 Å². The third-order valence-electron chi connectivity index (χ3n) is 8.00. The van der Waals surface area contributed by atoms with Crippen LogP contribution < -0.4 is 15.8 Å². The molecule has 2 aromatic rings. The maximum atomic E-state index is 15.1. The van der Waals surface area contributed by atoms with Crippen LogP contribution in [0.25, 0.3) is 16.6 Å². The Labute approximate surface area is 225 Å². The zero-order valence-electron chi connectivity index (χ0n) is 21.9. The Morgan fingerprint density at radius 3 is 2.92 bits per heavy atom. The highest BCUT2D eigenvalue weighted by Gasteiger charge is 2.46. The van der Waals surface area contributed by atoms with Crippen molar-refractivity contribution in [3.63, 3.8) is 0 Å². The summed E-state index contributed by atoms with van der Waals surface area (Å²) >= 11 is 0. The number of hydrogen-bond acceptors (Lipinski definition) is 9. The average Bonchev–Trinajstić information content (AvgIpc) is 3.28. The summed E-state index contributed by atoms with van der Waals surface area (Å²) in [4.78, 5) is 33.3. The Bertz CT molecular complexity index is 1440. The number of amides is 1. The van der Waals surface area contributed by atoms with Crippen molar-refractivity contribution >= 4 is 28.5 Å². The minimum absolute atomic E-state index is 0.0368. The summed E-state index contributed by atoms with van der Waals surface area (Å²) in [6.07, 6.45) is 3.09. The van der Waals surface area contributed by atoms with Gasteiger partial charge in [0.15, 0.2) is 17.2 Å². The zero-order valence-corrected chi connectivity index (χ0v) is 21.9. The van der Waals surface area contributed by atoms with E-state index >= 15 is 4.39 Å². The molecule has 0 radical (unpaired) electrons. The van der Waals surface area contributed by atoms with Crippen LogP contribution in [0.5, 0.6) is 5.75 Å². The van der Waals surface area contributed by atoms with Crippen molar-refractivity contribution in [2.45, 2.75) is 44.9 Å². The van der Waals surface area contributed by atoms with Gasteiger partial charge in [0.05, 0.1) is 16.9 Å². The first kappa shape index (κ1) is 25.7. The lowest BCUT2D eigenvalue weighted by atomic mass is 9.83. The standard InChI is InChI=1S/C28H32FN5O5/c1-2-28(37)20-9-23-25-16(11-34(23)12-17(20)14-38-27(28)36)8-18-19-13-33(7-6-31-24(35)4-3-5-30)15-39-26(19)21(29)10-22(18)32-25/h8-10,37H,2-7,11-15,30H2,1H3,(H,31,35)/t28-/m0/s1. The fraction of sp³-hybridized carbons (Fsp3) is 0.464. The number of halogens is 1. The number of nitrogens with zero attached hydrogens (tertiary/aromatic N) is 3. The number of pyridine rings is 1. The molecule has 0 unspecified atom stereocenters. The van der Waals surface area contributed by atoms with E-state index in [9.17, 15) is 14.7 Å². The molecule has 0 fully saturated rings. The summed E-state index contributed by atoms with van der Waals surface area (Å²) in [6, 6.07) is 3.45. The van der Waals surface area contributed by atoms with Gasteiger partial charge in [0.1, 0.15) is 13.3 Å². The summed E-state index contributed by atoms with van der Waals surface area (Å²) < 4.78 is 26.2. The molecule has 0 bridgehead atoms. The number of cyclic esters (lactones) is 1. The SMILES string of the molecule is CC[C@@]1(O)C(=O)OCC2=C1C=C1c3nc4cc(F)c5c(c4cc3CN1C2)CN(CCNC(=O)CCCN)CO5. The zero-order chi connectivity index (χ0) is 27.3. The van der Waals surface area contributed by atoms with Crippen molar-refractivity contribution in [2.75, 3.05) is 39.5 Å². The highest BCUT2D eigenvalue weighted by Crippen LogP contribution is 2.44. The van der Waals surface area contributed by atoms with Crippen LogP contribution in [-0.2, 0) is 27.4 Å². The van der Waals surface area contributed by atoms with Gasteiger partial charge in [-0.25, -0.2) is 14.2 Å². The molecule has 39 heavy (non-hydrogen) atoms. The Morgan fingerprint density at radius 1 is 1.28 bits per heavy atom. The smallest absolute Gasteiger partial charge is 0.343 e. The normalized spacial score (nSPS) is 22.0. The van der Waals surface area contributed by atoms with E-state index in [-0.39, 0.29) is 31.4 Å². The van der Waals surface area contributed by atoms with Gasteiger partial charge in [-0.1, -0.05) is 6.92 Å². The number of benzene rings is 1. The van der Waals surface area contributed by atoms with E-state index in [4.69, 9.17) is 20.2 Å². The van der Waals surface area contributed by atoms with E-state index in [1.807, 2.05) is 17.0 Å². The molecule has 10 nitrogen and oxygen atoms in total. The van der Waals surface area contributed by atoms with E-state index in [1.54, 1.807) is 6.92 Å². The number of ether oxygens (including phenoxy) is 2. The number of fused-ring (bicyclic) bond motifs is 6. The highest BCUT2D eigenvalue weighted by molar-refractivity contribution is 5.91. The van der Waals surface area contributed by atoms with E-state index in [0.29, 0.717) is 63.2 Å². The molecule has 1 atom stereocenters. The van der Waals surface area contributed by atoms with Crippen LogP contribution in [0.2, 0.25) is 0 Å². The number of aromatic nitrogens is 1. The summed E-state index contributed by atoms with van der Waals surface area (Å²) in [6.45, 7) is 5.21. The van der Waals surface area contributed by atoms with Gasteiger partial charge in [0.2, 0.25) is 5.91 Å². The summed E-state index contributed by atoms with van der Waals surface area (Å²) in [7, 11) is 0. The third-order valence-corrected chi connectivity index (χ3v) is 8.00. The molecule has 1 amide bonds. The fourth-order valence-corrected chi connectivity index (χ4v) is 5.85. The monoisotopic (exact) mass is 537 g/mol. The first-order valence-corrected chi connectivity index (χ1v) is 13.4. The lowest BCUT2D eigenvalue weighted by Gasteiger charge is -2.37. The van der Waals surface area contributed by atoms with Crippen LogP contribution in [0.4, 0.5) is 4.39 Å². The molecule has 0 saturated carbocycles. The quantitative estimate of drug-likeness (QED) is 0.451. The molecule has 11 heteroatoms. The van der Waals surface area contributed by atoms with Crippen LogP contribution >= 0.6 is 0 Å². The van der Waals surface area contributed by atoms with Crippen molar-refractivity contribution in [3.05, 3.63) is 52.0 Å². The second-order valence-corrected chi connectivity index (χ2v) is 10.5. The number of nitrogens with two attached hydrogens (primary N) is 1. The van der Waals surface area contributed by atoms with Gasteiger partial charge in [-0.05, 0) is 42.7 Å². The molecule has 0 saturated heterocycles. The first-order valence-electron chi connectivity index (χ1n) is 13.4. The summed E-state index contributed by atoms with van der Waals surface area (Å²) in [5.74, 6) is -0.895. The molecular formula is C28H32FN5O5. The number of carbonyl (C=O) groups excluding carboxylic acids is 2. The number of esters is 1. The lowest BCUT2D eigenvalue weighted by molar-refractivity contribution is -0.163. The summed E-state index contributed by atoms with van der Waals surface area (Å²) in [5, 5.41) is 14.8. The first-order chi connectivity index (χ1) is 18.8. The number of hydrogen-bond donors (Lipinski definition) is 3. The van der Waals surface area contributed by atoms with Crippen LogP contribution in [-0.4, -0.2) is 76.9 Å². The number of rotatable bonds is 7. The second-order valence-electron chi connectivity index (χ2n) is 10.5. The van der Waals surface area contributed by atoms with E-state index in [0.717, 1.165) is 33.5 Å². The molecule has 4 aliphatic rings. The van der Waals surface area contributed by atoms with Gasteiger partial charge in [0, 0.05) is 61.7 Å². The largest absolute Gasteiger partial charge is 0.475 e. The fourth-order valence-electron chi connectivity index (χ4n) is 5.85. The van der Waals surface area contributed by atoms with Gasteiger partial charge in [0.25, 0.3) is 0 Å². The molecule has 1 aromatic carbocycles. The van der Waals surface area contributed by atoms with Crippen molar-refractivity contribution < 1.29 is 28.6 Å². The predicted molar refractivity (Wildman–Crippen MR) is 141 cm³/mol. The molecule has 1 aromatic heterocycles. The Hall–Kier alpha value is -3.54. The number of nitrogens with one attached hydrogen (secondary N) is 1. The van der Waals surface area contributed by atoms with Gasteiger partial charge >= 0.3 is 5.97 Å². The molecular weight excluding hydrogens is 505 g/mol. The molecule has 6 rings (SSSR count).